The molecule has 0 aliphatic carbocycles. The van der Waals surface area contributed by atoms with Gasteiger partial charge in [0.05, 0.1) is 12.0 Å². The van der Waals surface area contributed by atoms with Gasteiger partial charge in [0, 0.05) is 16.6 Å². The Kier molecular flexibility index (Phi) is 8.63. The summed E-state index contributed by atoms with van der Waals surface area (Å²) in [5.74, 6) is 0.783. The maximum atomic E-state index is 12.2. The molecule has 172 valence electrons. The van der Waals surface area contributed by atoms with Crippen molar-refractivity contribution in [2.24, 2.45) is 5.10 Å². The van der Waals surface area contributed by atoms with Crippen molar-refractivity contribution in [2.45, 2.75) is 44.8 Å². The molecule has 1 heterocycles. The molecule has 0 aliphatic heterocycles. The number of halogens is 1. The van der Waals surface area contributed by atoms with E-state index in [0.29, 0.717) is 11.7 Å². The Balaban J connectivity index is 1.58. The van der Waals surface area contributed by atoms with Crippen LogP contribution in [0.4, 0.5) is 0 Å². The van der Waals surface area contributed by atoms with E-state index in [1.54, 1.807) is 6.21 Å². The molecule has 8 heteroatoms. The van der Waals surface area contributed by atoms with E-state index in [1.165, 1.54) is 17.3 Å². The predicted octanol–water partition coefficient (Wildman–Crippen LogP) is 5.89. The summed E-state index contributed by atoms with van der Waals surface area (Å²) in [4.78, 5) is 12.2. The van der Waals surface area contributed by atoms with E-state index in [1.807, 2.05) is 47.9 Å². The van der Waals surface area contributed by atoms with Gasteiger partial charge in [-0.3, -0.25) is 4.79 Å². The molecule has 0 atom stereocenters. The second-order valence-corrected chi connectivity index (χ2v) is 10.3. The van der Waals surface area contributed by atoms with Crippen LogP contribution >= 0.6 is 27.7 Å². The lowest BCUT2D eigenvalue weighted by atomic mass is 9.87. The largest absolute Gasteiger partial charge is 0.302 e. The number of benzene rings is 2. The Morgan fingerprint density at radius 2 is 1.82 bits per heavy atom. The van der Waals surface area contributed by atoms with Crippen LogP contribution in [-0.2, 0) is 16.8 Å². The maximum Gasteiger partial charge on any atom is 0.250 e. The monoisotopic (exact) mass is 525 g/mol. The number of carbonyl (C=O) groups excluding carboxylic acids is 1. The van der Waals surface area contributed by atoms with Crippen LogP contribution in [0.25, 0.3) is 17.5 Å². The van der Waals surface area contributed by atoms with Crippen LogP contribution in [0.3, 0.4) is 0 Å². The van der Waals surface area contributed by atoms with Crippen LogP contribution in [-0.4, -0.2) is 32.6 Å². The summed E-state index contributed by atoms with van der Waals surface area (Å²) in [6, 6.07) is 18.3. The fraction of sp³-hybridized carbons (Fsp3) is 0.280. The molecular weight excluding hydrogens is 498 g/mol. The third kappa shape index (κ3) is 7.14. The Morgan fingerprint density at radius 3 is 2.45 bits per heavy atom. The number of nitrogens with one attached hydrogen (secondary N) is 1. The Morgan fingerprint density at radius 1 is 1.12 bits per heavy atom. The molecule has 33 heavy (non-hydrogen) atoms. The fourth-order valence-corrected chi connectivity index (χ4v) is 4.25. The van der Waals surface area contributed by atoms with Crippen molar-refractivity contribution < 1.29 is 4.79 Å². The molecule has 2 aromatic carbocycles. The third-order valence-electron chi connectivity index (χ3n) is 4.86. The summed E-state index contributed by atoms with van der Waals surface area (Å²) in [6.07, 6.45) is 3.48. The van der Waals surface area contributed by atoms with E-state index in [-0.39, 0.29) is 17.1 Å². The normalized spacial score (nSPS) is 12.3. The lowest BCUT2D eigenvalue weighted by molar-refractivity contribution is -0.118. The zero-order chi connectivity index (χ0) is 23.8. The van der Waals surface area contributed by atoms with Gasteiger partial charge in [-0.2, -0.15) is 5.10 Å². The van der Waals surface area contributed by atoms with Gasteiger partial charge >= 0.3 is 0 Å². The van der Waals surface area contributed by atoms with Crippen molar-refractivity contribution in [1.29, 1.82) is 0 Å². The van der Waals surface area contributed by atoms with E-state index in [2.05, 4.69) is 81.7 Å². The number of nitrogens with zero attached hydrogens (tertiary/aromatic N) is 4. The van der Waals surface area contributed by atoms with Crippen LogP contribution in [0, 0.1) is 0 Å². The number of allylic oxidation sites excluding steroid dienone is 1. The summed E-state index contributed by atoms with van der Waals surface area (Å²) in [6.45, 7) is 9.33. The SMILES string of the molecule is CCn1c(SCC(=O)N/N=C/C(Br)=C/c2ccccc2)nnc1-c1ccc(C(C)(C)C)cc1. The first kappa shape index (κ1) is 24.9. The van der Waals surface area contributed by atoms with Crippen LogP contribution in [0.1, 0.15) is 38.8 Å². The first-order chi connectivity index (χ1) is 15.8. The van der Waals surface area contributed by atoms with Crippen LogP contribution in [0.2, 0.25) is 0 Å². The number of hydrazone groups is 1. The topological polar surface area (TPSA) is 72.2 Å². The highest BCUT2D eigenvalue weighted by Crippen LogP contribution is 2.27. The van der Waals surface area contributed by atoms with E-state index >= 15 is 0 Å². The summed E-state index contributed by atoms with van der Waals surface area (Å²) < 4.78 is 2.78. The molecule has 3 rings (SSSR count). The minimum atomic E-state index is -0.210. The minimum absolute atomic E-state index is 0.0980. The molecule has 0 saturated carbocycles. The van der Waals surface area contributed by atoms with Gasteiger partial charge in [-0.15, -0.1) is 10.2 Å². The number of carbonyl (C=O) groups is 1. The number of rotatable bonds is 8. The molecule has 3 aromatic rings. The molecule has 0 spiro atoms. The maximum absolute atomic E-state index is 12.2. The first-order valence-corrected chi connectivity index (χ1v) is 12.5. The predicted molar refractivity (Wildman–Crippen MR) is 141 cm³/mol. The zero-order valence-electron chi connectivity index (χ0n) is 19.2. The van der Waals surface area contributed by atoms with E-state index in [0.717, 1.165) is 21.4 Å². The van der Waals surface area contributed by atoms with Gasteiger partial charge in [0.2, 0.25) is 0 Å². The molecular formula is C25H28BrN5OS. The zero-order valence-corrected chi connectivity index (χ0v) is 21.7. The van der Waals surface area contributed by atoms with Crippen molar-refractivity contribution in [1.82, 2.24) is 20.2 Å². The summed E-state index contributed by atoms with van der Waals surface area (Å²) >= 11 is 4.77. The molecule has 0 aliphatic rings. The average Bonchev–Trinajstić information content (AvgIpc) is 3.21. The molecule has 1 N–H and O–H groups in total. The molecule has 1 aromatic heterocycles. The average molecular weight is 527 g/mol. The Labute approximate surface area is 207 Å². The Hall–Kier alpha value is -2.71. The quantitative estimate of drug-likeness (QED) is 0.226. The van der Waals surface area contributed by atoms with Crippen LogP contribution in [0.15, 0.2) is 69.3 Å². The van der Waals surface area contributed by atoms with Crippen molar-refractivity contribution in [3.05, 3.63) is 70.2 Å². The van der Waals surface area contributed by atoms with E-state index < -0.39 is 0 Å². The Bertz CT molecular complexity index is 1130. The van der Waals surface area contributed by atoms with Crippen molar-refractivity contribution in [2.75, 3.05) is 5.75 Å². The minimum Gasteiger partial charge on any atom is -0.302 e. The van der Waals surface area contributed by atoms with Crippen LogP contribution in [0.5, 0.6) is 0 Å². The molecule has 1 amide bonds. The smallest absolute Gasteiger partial charge is 0.250 e. The third-order valence-corrected chi connectivity index (χ3v) is 6.26. The van der Waals surface area contributed by atoms with Gasteiger partial charge < -0.3 is 4.57 Å². The number of thioether (sulfide) groups is 1. The molecule has 0 bridgehead atoms. The standard InChI is InChI=1S/C25H28BrN5OS/c1-5-31-23(19-11-13-20(14-12-19)25(2,3)4)29-30-24(31)33-17-22(32)28-27-16-21(26)15-18-9-7-6-8-10-18/h6-16H,5,17H2,1-4H3,(H,28,32)/b21-15-,27-16+. The lowest BCUT2D eigenvalue weighted by Gasteiger charge is -2.19. The second-order valence-electron chi connectivity index (χ2n) is 8.40. The highest BCUT2D eigenvalue weighted by Gasteiger charge is 2.17. The number of hydrogen-bond donors (Lipinski definition) is 1. The van der Waals surface area contributed by atoms with Gasteiger partial charge in [0.15, 0.2) is 11.0 Å². The fourth-order valence-electron chi connectivity index (χ4n) is 3.09. The molecule has 0 fully saturated rings. The number of hydrogen-bond acceptors (Lipinski definition) is 5. The van der Waals surface area contributed by atoms with Crippen molar-refractivity contribution in [3.63, 3.8) is 0 Å². The van der Waals surface area contributed by atoms with Crippen molar-refractivity contribution >= 4 is 45.9 Å². The molecule has 0 unspecified atom stereocenters. The highest BCUT2D eigenvalue weighted by atomic mass is 79.9. The first-order valence-electron chi connectivity index (χ1n) is 10.7. The number of amides is 1. The van der Waals surface area contributed by atoms with Gasteiger partial charge in [0.1, 0.15) is 0 Å². The summed E-state index contributed by atoms with van der Waals surface area (Å²) in [5, 5.41) is 13.4. The van der Waals surface area contributed by atoms with Gasteiger partial charge in [-0.1, -0.05) is 87.1 Å². The molecule has 6 nitrogen and oxygen atoms in total. The summed E-state index contributed by atoms with van der Waals surface area (Å²) in [7, 11) is 0. The van der Waals surface area contributed by atoms with Gasteiger partial charge in [-0.25, -0.2) is 5.43 Å². The number of aromatic nitrogens is 3. The van der Waals surface area contributed by atoms with E-state index in [4.69, 9.17) is 0 Å². The molecule has 0 radical (unpaired) electrons. The summed E-state index contributed by atoms with van der Waals surface area (Å²) in [5.41, 5.74) is 5.96. The van der Waals surface area contributed by atoms with E-state index in [9.17, 15) is 4.79 Å². The second kappa shape index (κ2) is 11.4. The highest BCUT2D eigenvalue weighted by molar-refractivity contribution is 9.12. The molecule has 0 saturated heterocycles. The van der Waals surface area contributed by atoms with Crippen molar-refractivity contribution in [3.8, 4) is 11.4 Å². The van der Waals surface area contributed by atoms with Gasteiger partial charge in [-0.05, 0) is 45.5 Å². The van der Waals surface area contributed by atoms with Gasteiger partial charge in [0.25, 0.3) is 5.91 Å². The lowest BCUT2D eigenvalue weighted by Crippen LogP contribution is -2.19. The van der Waals surface area contributed by atoms with Crippen LogP contribution < -0.4 is 5.43 Å².